The van der Waals surface area contributed by atoms with Crippen molar-refractivity contribution in [1.29, 1.82) is 0 Å². The average molecular weight is 147 g/mol. The molecule has 0 aliphatic carbocycles. The van der Waals surface area contributed by atoms with Gasteiger partial charge in [0, 0.05) is 5.75 Å². The van der Waals surface area contributed by atoms with Crippen molar-refractivity contribution < 1.29 is 5.11 Å². The van der Waals surface area contributed by atoms with Crippen LogP contribution in [-0.4, -0.2) is 18.1 Å². The monoisotopic (exact) mass is 147 g/mol. The molecule has 0 aliphatic rings. The van der Waals surface area contributed by atoms with Crippen LogP contribution in [-0.2, 0) is 5.11 Å². The molecular formula is C7H15OS. The Hall–Kier alpha value is 0.310. The van der Waals surface area contributed by atoms with E-state index in [1.54, 1.807) is 11.8 Å². The first-order valence-electron chi connectivity index (χ1n) is 3.22. The molecule has 0 rings (SSSR count). The topological polar surface area (TPSA) is 19.9 Å². The fourth-order valence-corrected chi connectivity index (χ4v) is 1.31. The first-order valence-corrected chi connectivity index (χ1v) is 4.37. The molecule has 0 aliphatic heterocycles. The first-order chi connectivity index (χ1) is 4.06. The molecule has 0 unspecified atom stereocenters. The molecule has 1 nitrogen and oxygen atoms in total. The normalized spacial score (nSPS) is 12.0. The fourth-order valence-electron chi connectivity index (χ4n) is 0.437. The van der Waals surface area contributed by atoms with Gasteiger partial charge in [0.05, 0.1) is 6.61 Å². The number of hydrogen-bond acceptors (Lipinski definition) is 1. The molecule has 1 radical (unpaired) electrons. The van der Waals surface area contributed by atoms with Crippen LogP contribution in [0.4, 0.5) is 0 Å². The summed E-state index contributed by atoms with van der Waals surface area (Å²) in [6.45, 7) is 6.61. The molecule has 0 spiro atoms. The molecule has 0 saturated carbocycles. The van der Waals surface area contributed by atoms with Crippen molar-refractivity contribution in [2.24, 2.45) is 5.41 Å². The lowest BCUT2D eigenvalue weighted by molar-refractivity contribution is 0.215. The van der Waals surface area contributed by atoms with Crippen molar-refractivity contribution in [2.75, 3.05) is 18.1 Å². The minimum absolute atomic E-state index is 0.0563. The van der Waals surface area contributed by atoms with Gasteiger partial charge in [-0.3, -0.25) is 0 Å². The second-order valence-electron chi connectivity index (χ2n) is 3.32. The Bertz CT molecular complexity index is 65.8. The predicted octanol–water partition coefficient (Wildman–Crippen LogP) is 2.20. The van der Waals surface area contributed by atoms with Crippen LogP contribution in [0.2, 0.25) is 0 Å². The van der Waals surface area contributed by atoms with Crippen LogP contribution in [0.1, 0.15) is 20.8 Å². The summed E-state index contributed by atoms with van der Waals surface area (Å²) >= 11 is 1.75. The van der Waals surface area contributed by atoms with E-state index in [1.807, 2.05) is 0 Å². The quantitative estimate of drug-likeness (QED) is 0.560. The molecule has 0 bridgehead atoms. The zero-order valence-electron chi connectivity index (χ0n) is 6.44. The molecule has 0 fully saturated rings. The van der Waals surface area contributed by atoms with Crippen molar-refractivity contribution in [2.45, 2.75) is 20.8 Å². The molecule has 0 amide bonds. The molecule has 0 aromatic carbocycles. The molecule has 0 aromatic rings. The van der Waals surface area contributed by atoms with Gasteiger partial charge in [-0.05, 0) is 11.2 Å². The smallest absolute Gasteiger partial charge is 0.0912 e. The van der Waals surface area contributed by atoms with Gasteiger partial charge in [-0.25, -0.2) is 5.11 Å². The van der Waals surface area contributed by atoms with Crippen LogP contribution < -0.4 is 0 Å². The second-order valence-corrected chi connectivity index (χ2v) is 4.42. The van der Waals surface area contributed by atoms with Gasteiger partial charge < -0.3 is 0 Å². The van der Waals surface area contributed by atoms with Crippen molar-refractivity contribution in [3.05, 3.63) is 0 Å². The second kappa shape index (κ2) is 4.18. The van der Waals surface area contributed by atoms with E-state index in [-0.39, 0.29) is 6.61 Å². The minimum atomic E-state index is 0.0563. The van der Waals surface area contributed by atoms with Gasteiger partial charge in [0.15, 0.2) is 0 Å². The van der Waals surface area contributed by atoms with Gasteiger partial charge in [-0.2, -0.15) is 11.8 Å². The van der Waals surface area contributed by atoms with Gasteiger partial charge in [-0.15, -0.1) is 0 Å². The summed E-state index contributed by atoms with van der Waals surface area (Å²) in [6, 6.07) is 0. The molecule has 0 atom stereocenters. The molecule has 2 heteroatoms. The van der Waals surface area contributed by atoms with Crippen LogP contribution in [0.15, 0.2) is 0 Å². The Balaban J connectivity index is 3.07. The molecule has 0 heterocycles. The van der Waals surface area contributed by atoms with Crippen molar-refractivity contribution in [3.63, 3.8) is 0 Å². The highest BCUT2D eigenvalue weighted by Gasteiger charge is 2.08. The molecule has 0 saturated heterocycles. The molecule has 0 aromatic heterocycles. The standard InChI is InChI=1S/C7H15OS/c1-7(2,3)6-9-5-4-8/h4-6H2,1-3H3. The van der Waals surface area contributed by atoms with Gasteiger partial charge in [0.1, 0.15) is 0 Å². The Morgan fingerprint density at radius 1 is 1.33 bits per heavy atom. The maximum absolute atomic E-state index is 9.99. The maximum Gasteiger partial charge on any atom is 0.0912 e. The van der Waals surface area contributed by atoms with E-state index in [0.29, 0.717) is 5.41 Å². The zero-order valence-corrected chi connectivity index (χ0v) is 7.25. The van der Waals surface area contributed by atoms with Crippen molar-refractivity contribution >= 4 is 11.8 Å². The van der Waals surface area contributed by atoms with Crippen LogP contribution in [0.3, 0.4) is 0 Å². The third-order valence-electron chi connectivity index (χ3n) is 0.763. The largest absolute Gasteiger partial charge is 0.236 e. The van der Waals surface area contributed by atoms with Crippen molar-refractivity contribution in [1.82, 2.24) is 0 Å². The highest BCUT2D eigenvalue weighted by molar-refractivity contribution is 7.99. The summed E-state index contributed by atoms with van der Waals surface area (Å²) < 4.78 is 0. The zero-order chi connectivity index (χ0) is 7.33. The van der Waals surface area contributed by atoms with Crippen LogP contribution in [0, 0.1) is 5.41 Å². The highest BCUT2D eigenvalue weighted by atomic mass is 32.2. The summed E-state index contributed by atoms with van der Waals surface area (Å²) in [6.07, 6.45) is 0. The summed E-state index contributed by atoms with van der Waals surface area (Å²) in [5, 5.41) is 9.99. The Morgan fingerprint density at radius 2 is 1.89 bits per heavy atom. The molecular weight excluding hydrogens is 132 g/mol. The van der Waals surface area contributed by atoms with E-state index >= 15 is 0 Å². The van der Waals surface area contributed by atoms with E-state index in [9.17, 15) is 5.11 Å². The van der Waals surface area contributed by atoms with E-state index in [0.717, 1.165) is 11.5 Å². The van der Waals surface area contributed by atoms with Crippen LogP contribution >= 0.6 is 11.8 Å². The molecule has 9 heavy (non-hydrogen) atoms. The SMILES string of the molecule is CC(C)(C)CSCC[O]. The van der Waals surface area contributed by atoms with Crippen molar-refractivity contribution in [3.8, 4) is 0 Å². The van der Waals surface area contributed by atoms with Gasteiger partial charge in [-0.1, -0.05) is 20.8 Å². The summed E-state index contributed by atoms with van der Waals surface area (Å²) in [4.78, 5) is 0. The number of rotatable bonds is 3. The Morgan fingerprint density at radius 3 is 2.22 bits per heavy atom. The maximum atomic E-state index is 9.99. The fraction of sp³-hybridized carbons (Fsp3) is 1.00. The lowest BCUT2D eigenvalue weighted by atomic mass is 10.0. The average Bonchev–Trinajstić information content (AvgIpc) is 1.63. The number of hydrogen-bond donors (Lipinski definition) is 0. The molecule has 0 N–H and O–H groups in total. The van der Waals surface area contributed by atoms with Crippen LogP contribution in [0.25, 0.3) is 0 Å². The summed E-state index contributed by atoms with van der Waals surface area (Å²) in [5.74, 6) is 1.85. The van der Waals surface area contributed by atoms with Gasteiger partial charge in [0.25, 0.3) is 0 Å². The Kier molecular flexibility index (Phi) is 4.32. The van der Waals surface area contributed by atoms with E-state index < -0.39 is 0 Å². The Labute approximate surface area is 61.8 Å². The lowest BCUT2D eigenvalue weighted by Gasteiger charge is -2.16. The molecule has 55 valence electrons. The van der Waals surface area contributed by atoms with Crippen LogP contribution in [0.5, 0.6) is 0 Å². The highest BCUT2D eigenvalue weighted by Crippen LogP contribution is 2.19. The summed E-state index contributed by atoms with van der Waals surface area (Å²) in [7, 11) is 0. The predicted molar refractivity (Wildman–Crippen MR) is 42.3 cm³/mol. The minimum Gasteiger partial charge on any atom is -0.236 e. The summed E-state index contributed by atoms with van der Waals surface area (Å²) in [5.41, 5.74) is 0.375. The van der Waals surface area contributed by atoms with Gasteiger partial charge >= 0.3 is 0 Å². The lowest BCUT2D eigenvalue weighted by Crippen LogP contribution is -2.09. The number of thioether (sulfide) groups is 1. The van der Waals surface area contributed by atoms with E-state index in [1.165, 1.54) is 0 Å². The third kappa shape index (κ3) is 8.31. The van der Waals surface area contributed by atoms with E-state index in [2.05, 4.69) is 20.8 Å². The first kappa shape index (κ1) is 9.31. The van der Waals surface area contributed by atoms with E-state index in [4.69, 9.17) is 0 Å². The van der Waals surface area contributed by atoms with Gasteiger partial charge in [0.2, 0.25) is 0 Å². The third-order valence-corrected chi connectivity index (χ3v) is 2.29.